The molecule has 0 saturated heterocycles. The number of halogens is 1. The number of tetrazole rings is 1. The minimum absolute atomic E-state index is 0.0694. The van der Waals surface area contributed by atoms with Gasteiger partial charge in [-0.25, -0.2) is 4.79 Å². The molecule has 1 aliphatic heterocycles. The fourth-order valence-corrected chi connectivity index (χ4v) is 4.93. The lowest BCUT2D eigenvalue weighted by Crippen LogP contribution is -2.32. The molecule has 37 heavy (non-hydrogen) atoms. The molecule has 9 nitrogen and oxygen atoms in total. The quantitative estimate of drug-likeness (QED) is 0.388. The normalized spacial score (nSPS) is 17.6. The summed E-state index contributed by atoms with van der Waals surface area (Å²) in [6.45, 7) is 4.57. The lowest BCUT2D eigenvalue weighted by Gasteiger charge is -2.30. The van der Waals surface area contributed by atoms with E-state index in [0.717, 1.165) is 36.8 Å². The predicted octanol–water partition coefficient (Wildman–Crippen LogP) is 5.47. The molecule has 1 aromatic heterocycles. The Bertz CT molecular complexity index is 1280. The van der Waals surface area contributed by atoms with Gasteiger partial charge in [-0.1, -0.05) is 41.3 Å². The van der Waals surface area contributed by atoms with E-state index in [-0.39, 0.29) is 12.1 Å². The Morgan fingerprint density at radius 1 is 1.08 bits per heavy atom. The van der Waals surface area contributed by atoms with Crippen LogP contribution in [0, 0.1) is 0 Å². The van der Waals surface area contributed by atoms with Crippen LogP contribution in [0.3, 0.4) is 0 Å². The van der Waals surface area contributed by atoms with Crippen molar-refractivity contribution in [1.29, 1.82) is 0 Å². The van der Waals surface area contributed by atoms with E-state index in [1.807, 2.05) is 56.3 Å². The van der Waals surface area contributed by atoms with Gasteiger partial charge in [-0.2, -0.15) is 4.68 Å². The number of ether oxygens (including phenoxy) is 3. The van der Waals surface area contributed by atoms with Gasteiger partial charge >= 0.3 is 5.97 Å². The average molecular weight is 524 g/mol. The minimum Gasteiger partial charge on any atom is -0.490 e. The molecule has 2 aromatic carbocycles. The van der Waals surface area contributed by atoms with Crippen molar-refractivity contribution in [2.75, 3.05) is 11.9 Å². The lowest BCUT2D eigenvalue weighted by molar-refractivity contribution is -0.146. The molecule has 0 spiro atoms. The van der Waals surface area contributed by atoms with Gasteiger partial charge in [0.05, 0.1) is 12.2 Å². The van der Waals surface area contributed by atoms with Gasteiger partial charge in [-0.05, 0) is 85.3 Å². The number of nitrogens with one attached hydrogen (secondary N) is 1. The third-order valence-electron chi connectivity index (χ3n) is 6.65. The first-order valence-electron chi connectivity index (χ1n) is 12.6. The maximum Gasteiger partial charge on any atom is 0.338 e. The molecular weight excluding hydrogens is 494 g/mol. The third-order valence-corrected chi connectivity index (χ3v) is 6.90. The van der Waals surface area contributed by atoms with Crippen molar-refractivity contribution in [3.63, 3.8) is 0 Å². The van der Waals surface area contributed by atoms with Crippen LogP contribution in [0.5, 0.6) is 11.5 Å². The van der Waals surface area contributed by atoms with Crippen molar-refractivity contribution in [2.24, 2.45) is 0 Å². The number of anilines is 1. The standard InChI is InChI=1S/C27H30ClN5O4/c1-3-35-23-15-19(11-14-22(23)36-16-18-9-12-20(28)13-10-18)25-24(17(2)29-27-30-31-32-33(25)27)26(34)37-21-7-5-4-6-8-21/h9-15,21,25H,3-8,16H2,1-2H3,(H,29,30,32). The molecule has 2 heterocycles. The van der Waals surface area contributed by atoms with Crippen LogP contribution >= 0.6 is 11.6 Å². The maximum atomic E-state index is 13.5. The third kappa shape index (κ3) is 5.56. The zero-order valence-corrected chi connectivity index (χ0v) is 21.7. The van der Waals surface area contributed by atoms with E-state index in [1.54, 1.807) is 4.68 Å². The first kappa shape index (κ1) is 25.1. The molecule has 1 fully saturated rings. The van der Waals surface area contributed by atoms with Gasteiger partial charge in [0.15, 0.2) is 11.5 Å². The van der Waals surface area contributed by atoms with E-state index in [2.05, 4.69) is 20.8 Å². The van der Waals surface area contributed by atoms with Gasteiger partial charge in [-0.3, -0.25) is 0 Å². The first-order valence-corrected chi connectivity index (χ1v) is 13.0. The van der Waals surface area contributed by atoms with Crippen LogP contribution in [0.1, 0.15) is 63.1 Å². The number of rotatable bonds is 8. The van der Waals surface area contributed by atoms with Crippen molar-refractivity contribution >= 4 is 23.5 Å². The highest BCUT2D eigenvalue weighted by molar-refractivity contribution is 6.30. The monoisotopic (exact) mass is 523 g/mol. The molecule has 1 N–H and O–H groups in total. The van der Waals surface area contributed by atoms with E-state index >= 15 is 0 Å². The summed E-state index contributed by atoms with van der Waals surface area (Å²) >= 11 is 6.00. The topological polar surface area (TPSA) is 100 Å². The Labute approximate surface area is 220 Å². The van der Waals surface area contributed by atoms with E-state index in [0.29, 0.717) is 47.0 Å². The highest BCUT2D eigenvalue weighted by atomic mass is 35.5. The number of esters is 1. The highest BCUT2D eigenvalue weighted by Crippen LogP contribution is 2.39. The number of carbonyl (C=O) groups excluding carboxylic acids is 1. The molecular formula is C27H30ClN5O4. The summed E-state index contributed by atoms with van der Waals surface area (Å²) in [5, 5.41) is 15.9. The minimum atomic E-state index is -0.577. The maximum absolute atomic E-state index is 13.5. The number of fused-ring (bicyclic) bond motifs is 1. The Hall–Kier alpha value is -3.59. The van der Waals surface area contributed by atoms with Crippen molar-refractivity contribution in [1.82, 2.24) is 20.2 Å². The van der Waals surface area contributed by atoms with Crippen molar-refractivity contribution < 1.29 is 19.0 Å². The van der Waals surface area contributed by atoms with Crippen LogP contribution in [0.25, 0.3) is 0 Å². The number of carbonyl (C=O) groups is 1. The molecule has 0 radical (unpaired) electrons. The van der Waals surface area contributed by atoms with E-state index in [9.17, 15) is 4.79 Å². The molecule has 0 amide bonds. The Balaban J connectivity index is 1.45. The Morgan fingerprint density at radius 2 is 1.86 bits per heavy atom. The van der Waals surface area contributed by atoms with E-state index < -0.39 is 6.04 Å². The molecule has 10 heteroatoms. The molecule has 194 valence electrons. The summed E-state index contributed by atoms with van der Waals surface area (Å²) in [6, 6.07) is 12.6. The number of nitrogens with zero attached hydrogens (tertiary/aromatic N) is 4. The van der Waals surface area contributed by atoms with E-state index in [4.69, 9.17) is 25.8 Å². The molecule has 0 bridgehead atoms. The molecule has 1 saturated carbocycles. The van der Waals surface area contributed by atoms with Gasteiger partial charge in [0.2, 0.25) is 5.95 Å². The second-order valence-electron chi connectivity index (χ2n) is 9.23. The molecule has 1 atom stereocenters. The van der Waals surface area contributed by atoms with E-state index in [1.165, 1.54) is 6.42 Å². The first-order chi connectivity index (χ1) is 18.0. The largest absolute Gasteiger partial charge is 0.490 e. The summed E-state index contributed by atoms with van der Waals surface area (Å²) in [5.74, 6) is 1.26. The Morgan fingerprint density at radius 3 is 2.62 bits per heavy atom. The average Bonchev–Trinajstić information content (AvgIpc) is 3.37. The van der Waals surface area contributed by atoms with Crippen LogP contribution in [-0.2, 0) is 16.1 Å². The number of benzene rings is 2. The van der Waals surface area contributed by atoms with Crippen LogP contribution in [0.4, 0.5) is 5.95 Å². The SMILES string of the molecule is CCOc1cc(C2C(C(=O)OC3CCCCC3)=C(C)Nc3nnnn32)ccc1OCc1ccc(Cl)cc1. The lowest BCUT2D eigenvalue weighted by atomic mass is 9.94. The highest BCUT2D eigenvalue weighted by Gasteiger charge is 2.36. The number of aromatic nitrogens is 4. The number of hydrogen-bond donors (Lipinski definition) is 1. The summed E-state index contributed by atoms with van der Waals surface area (Å²) in [6.07, 6.45) is 5.04. The van der Waals surface area contributed by atoms with Crippen LogP contribution in [0.15, 0.2) is 53.7 Å². The summed E-state index contributed by atoms with van der Waals surface area (Å²) in [4.78, 5) is 13.5. The predicted molar refractivity (Wildman–Crippen MR) is 139 cm³/mol. The molecule has 3 aromatic rings. The van der Waals surface area contributed by atoms with Crippen LogP contribution < -0.4 is 14.8 Å². The van der Waals surface area contributed by atoms with Crippen molar-refractivity contribution in [2.45, 2.75) is 64.7 Å². The second kappa shape index (κ2) is 11.2. The summed E-state index contributed by atoms with van der Waals surface area (Å²) < 4.78 is 19.6. The second-order valence-corrected chi connectivity index (χ2v) is 9.67. The Kier molecular flexibility index (Phi) is 7.60. The zero-order chi connectivity index (χ0) is 25.8. The number of hydrogen-bond acceptors (Lipinski definition) is 8. The fraction of sp³-hybridized carbons (Fsp3) is 0.407. The summed E-state index contributed by atoms with van der Waals surface area (Å²) in [5.41, 5.74) is 2.91. The molecule has 2 aliphatic rings. The smallest absolute Gasteiger partial charge is 0.338 e. The van der Waals surface area contributed by atoms with Crippen LogP contribution in [-0.4, -0.2) is 38.9 Å². The van der Waals surface area contributed by atoms with Gasteiger partial charge in [-0.15, -0.1) is 0 Å². The van der Waals surface area contributed by atoms with Gasteiger partial charge < -0.3 is 19.5 Å². The van der Waals surface area contributed by atoms with Gasteiger partial charge in [0, 0.05) is 10.7 Å². The van der Waals surface area contributed by atoms with Gasteiger partial charge in [0.25, 0.3) is 0 Å². The number of allylic oxidation sites excluding steroid dienone is 1. The molecule has 1 unspecified atom stereocenters. The van der Waals surface area contributed by atoms with Crippen LogP contribution in [0.2, 0.25) is 5.02 Å². The van der Waals surface area contributed by atoms with Crippen molar-refractivity contribution in [3.8, 4) is 11.5 Å². The zero-order valence-electron chi connectivity index (χ0n) is 20.9. The fourth-order valence-electron chi connectivity index (χ4n) is 4.81. The summed E-state index contributed by atoms with van der Waals surface area (Å²) in [7, 11) is 0. The van der Waals surface area contributed by atoms with Crippen molar-refractivity contribution in [3.05, 3.63) is 69.9 Å². The van der Waals surface area contributed by atoms with Gasteiger partial charge in [0.1, 0.15) is 18.8 Å². The molecule has 1 aliphatic carbocycles. The molecule has 5 rings (SSSR count).